The van der Waals surface area contributed by atoms with E-state index in [1.54, 1.807) is 0 Å². The fraction of sp³-hybridized carbons (Fsp3) is 0.667. The third kappa shape index (κ3) is 2.58. The number of hydrogen-bond donors (Lipinski definition) is 1. The molecule has 2 aliphatic rings. The molecule has 0 amide bonds. The summed E-state index contributed by atoms with van der Waals surface area (Å²) >= 11 is 0. The molecule has 20 heavy (non-hydrogen) atoms. The van der Waals surface area contributed by atoms with Crippen LogP contribution in [-0.4, -0.2) is 19.1 Å². The summed E-state index contributed by atoms with van der Waals surface area (Å²) in [5.74, 6) is 0.643. The van der Waals surface area contributed by atoms with E-state index in [2.05, 4.69) is 43.0 Å². The van der Waals surface area contributed by atoms with Crippen LogP contribution in [-0.2, 0) is 6.42 Å². The van der Waals surface area contributed by atoms with Crippen molar-refractivity contribution >= 4 is 5.69 Å². The Hall–Kier alpha value is -1.02. The molecule has 0 radical (unpaired) electrons. The molecule has 1 aromatic carbocycles. The van der Waals surface area contributed by atoms with Crippen LogP contribution < -0.4 is 10.6 Å². The summed E-state index contributed by atoms with van der Waals surface area (Å²) in [6.45, 7) is 7.02. The van der Waals surface area contributed by atoms with E-state index in [4.69, 9.17) is 5.73 Å². The van der Waals surface area contributed by atoms with Crippen LogP contribution >= 0.6 is 0 Å². The average molecular weight is 272 g/mol. The maximum atomic E-state index is 6.57. The van der Waals surface area contributed by atoms with Crippen molar-refractivity contribution in [1.29, 1.82) is 0 Å². The average Bonchev–Trinajstić information content (AvgIpc) is 2.44. The van der Waals surface area contributed by atoms with E-state index in [0.29, 0.717) is 17.4 Å². The standard InChI is InChI=1S/C18H28N2/c1-18(2)11-5-8-15(17(18)19)13-20-12-6-9-14-7-3-4-10-16(14)20/h3-4,7,10,15,17H,5-6,8-9,11-13,19H2,1-2H3. The van der Waals surface area contributed by atoms with Gasteiger partial charge in [-0.1, -0.05) is 38.5 Å². The highest BCUT2D eigenvalue weighted by atomic mass is 15.1. The minimum absolute atomic E-state index is 0.304. The highest BCUT2D eigenvalue weighted by Crippen LogP contribution is 2.39. The number of nitrogens with two attached hydrogens (primary N) is 1. The number of aryl methyl sites for hydroxylation is 1. The number of hydrogen-bond acceptors (Lipinski definition) is 2. The summed E-state index contributed by atoms with van der Waals surface area (Å²) in [4.78, 5) is 2.59. The van der Waals surface area contributed by atoms with Crippen LogP contribution in [0.3, 0.4) is 0 Å². The molecule has 1 saturated carbocycles. The Labute approximate surface area is 123 Å². The smallest absolute Gasteiger partial charge is 0.0398 e. The molecule has 0 aromatic heterocycles. The quantitative estimate of drug-likeness (QED) is 0.891. The first-order valence-electron chi connectivity index (χ1n) is 8.16. The summed E-state index contributed by atoms with van der Waals surface area (Å²) < 4.78 is 0. The Balaban J connectivity index is 1.76. The van der Waals surface area contributed by atoms with Crippen LogP contribution in [0, 0.1) is 11.3 Å². The van der Waals surface area contributed by atoms with Gasteiger partial charge in [0.1, 0.15) is 0 Å². The number of para-hydroxylation sites is 1. The number of nitrogens with zero attached hydrogens (tertiary/aromatic N) is 1. The number of anilines is 1. The molecule has 0 spiro atoms. The zero-order valence-electron chi connectivity index (χ0n) is 12.9. The molecule has 1 heterocycles. The number of rotatable bonds is 2. The van der Waals surface area contributed by atoms with Gasteiger partial charge in [0, 0.05) is 24.8 Å². The summed E-state index contributed by atoms with van der Waals surface area (Å²) in [5, 5.41) is 0. The minimum atomic E-state index is 0.304. The van der Waals surface area contributed by atoms with E-state index in [-0.39, 0.29) is 0 Å². The van der Waals surface area contributed by atoms with Gasteiger partial charge in [0.15, 0.2) is 0 Å². The van der Waals surface area contributed by atoms with E-state index in [1.165, 1.54) is 49.9 Å². The first kappa shape index (κ1) is 13.9. The second kappa shape index (κ2) is 5.40. The van der Waals surface area contributed by atoms with Crippen molar-refractivity contribution in [3.8, 4) is 0 Å². The molecule has 1 aromatic rings. The highest BCUT2D eigenvalue weighted by molar-refractivity contribution is 5.55. The van der Waals surface area contributed by atoms with Gasteiger partial charge >= 0.3 is 0 Å². The molecule has 0 saturated heterocycles. The molecule has 2 nitrogen and oxygen atoms in total. The third-order valence-corrected chi connectivity index (χ3v) is 5.47. The molecule has 3 rings (SSSR count). The lowest BCUT2D eigenvalue weighted by Crippen LogP contribution is -2.50. The van der Waals surface area contributed by atoms with Gasteiger partial charge in [-0.15, -0.1) is 0 Å². The Kier molecular flexibility index (Phi) is 3.76. The van der Waals surface area contributed by atoms with E-state index in [0.717, 1.165) is 6.54 Å². The molecule has 2 heteroatoms. The molecule has 2 unspecified atom stereocenters. The Bertz CT molecular complexity index is 466. The van der Waals surface area contributed by atoms with Crippen molar-refractivity contribution in [2.75, 3.05) is 18.0 Å². The Morgan fingerprint density at radius 1 is 1.25 bits per heavy atom. The molecule has 110 valence electrons. The summed E-state index contributed by atoms with van der Waals surface area (Å²) in [7, 11) is 0. The van der Waals surface area contributed by atoms with Crippen molar-refractivity contribution in [3.63, 3.8) is 0 Å². The van der Waals surface area contributed by atoms with Gasteiger partial charge in [-0.05, 0) is 48.6 Å². The second-order valence-corrected chi connectivity index (χ2v) is 7.34. The van der Waals surface area contributed by atoms with Crippen LogP contribution in [0.2, 0.25) is 0 Å². The van der Waals surface area contributed by atoms with Gasteiger partial charge in [0.2, 0.25) is 0 Å². The predicted octanol–water partition coefficient (Wildman–Crippen LogP) is 3.59. The first-order valence-corrected chi connectivity index (χ1v) is 8.16. The van der Waals surface area contributed by atoms with Crippen molar-refractivity contribution in [2.45, 2.75) is 52.0 Å². The van der Waals surface area contributed by atoms with Crippen LogP contribution in [0.1, 0.15) is 45.1 Å². The monoisotopic (exact) mass is 272 g/mol. The molecule has 0 bridgehead atoms. The summed E-state index contributed by atoms with van der Waals surface area (Å²) in [6, 6.07) is 9.24. The van der Waals surface area contributed by atoms with E-state index >= 15 is 0 Å². The second-order valence-electron chi connectivity index (χ2n) is 7.34. The Morgan fingerprint density at radius 2 is 2.05 bits per heavy atom. The fourth-order valence-corrected chi connectivity index (χ4v) is 4.09. The molecule has 1 fully saturated rings. The molecular formula is C18H28N2. The maximum Gasteiger partial charge on any atom is 0.0398 e. The normalized spacial score (nSPS) is 29.1. The Morgan fingerprint density at radius 3 is 2.90 bits per heavy atom. The lowest BCUT2D eigenvalue weighted by molar-refractivity contribution is 0.141. The van der Waals surface area contributed by atoms with Crippen molar-refractivity contribution < 1.29 is 0 Å². The summed E-state index contributed by atoms with van der Waals surface area (Å²) in [6.07, 6.45) is 6.42. The zero-order chi connectivity index (χ0) is 14.2. The summed E-state index contributed by atoms with van der Waals surface area (Å²) in [5.41, 5.74) is 9.84. The van der Waals surface area contributed by atoms with Crippen molar-refractivity contribution in [2.24, 2.45) is 17.1 Å². The zero-order valence-corrected chi connectivity index (χ0v) is 12.9. The van der Waals surface area contributed by atoms with Crippen LogP contribution in [0.5, 0.6) is 0 Å². The highest BCUT2D eigenvalue weighted by Gasteiger charge is 2.37. The minimum Gasteiger partial charge on any atom is -0.371 e. The van der Waals surface area contributed by atoms with Gasteiger partial charge in [-0.2, -0.15) is 0 Å². The van der Waals surface area contributed by atoms with Crippen molar-refractivity contribution in [3.05, 3.63) is 29.8 Å². The first-order chi connectivity index (χ1) is 9.58. The predicted molar refractivity (Wildman–Crippen MR) is 86.1 cm³/mol. The van der Waals surface area contributed by atoms with E-state index in [1.807, 2.05) is 0 Å². The molecule has 1 aliphatic carbocycles. The molecular weight excluding hydrogens is 244 g/mol. The largest absolute Gasteiger partial charge is 0.371 e. The lowest BCUT2D eigenvalue weighted by Gasteiger charge is -2.44. The molecule has 2 atom stereocenters. The van der Waals surface area contributed by atoms with Gasteiger partial charge in [-0.3, -0.25) is 0 Å². The van der Waals surface area contributed by atoms with Gasteiger partial charge < -0.3 is 10.6 Å². The number of benzene rings is 1. The maximum absolute atomic E-state index is 6.57. The van der Waals surface area contributed by atoms with Crippen LogP contribution in [0.15, 0.2) is 24.3 Å². The lowest BCUT2D eigenvalue weighted by atomic mass is 9.68. The van der Waals surface area contributed by atoms with Gasteiger partial charge in [0.25, 0.3) is 0 Å². The van der Waals surface area contributed by atoms with Gasteiger partial charge in [0.05, 0.1) is 0 Å². The van der Waals surface area contributed by atoms with Crippen LogP contribution in [0.4, 0.5) is 5.69 Å². The molecule has 2 N–H and O–H groups in total. The topological polar surface area (TPSA) is 29.3 Å². The third-order valence-electron chi connectivity index (χ3n) is 5.47. The van der Waals surface area contributed by atoms with E-state index in [9.17, 15) is 0 Å². The SMILES string of the molecule is CC1(C)CCCC(CN2CCCc3ccccc32)C1N. The van der Waals surface area contributed by atoms with Gasteiger partial charge in [-0.25, -0.2) is 0 Å². The van der Waals surface area contributed by atoms with Crippen LogP contribution in [0.25, 0.3) is 0 Å². The van der Waals surface area contributed by atoms with Crippen molar-refractivity contribution in [1.82, 2.24) is 0 Å². The number of fused-ring (bicyclic) bond motifs is 1. The fourth-order valence-electron chi connectivity index (χ4n) is 4.09. The van der Waals surface area contributed by atoms with E-state index < -0.39 is 0 Å². The molecule has 1 aliphatic heterocycles.